The molecule has 1 saturated carbocycles. The molecule has 1 atom stereocenters. The molecular formula is C14H18FNO3. The van der Waals surface area contributed by atoms with Crippen molar-refractivity contribution in [2.24, 2.45) is 0 Å². The average molecular weight is 267 g/mol. The number of hydrogen-bond acceptors (Lipinski definition) is 3. The predicted molar refractivity (Wildman–Crippen MR) is 68.3 cm³/mol. The number of benzene rings is 1. The van der Waals surface area contributed by atoms with Gasteiger partial charge < -0.3 is 15.2 Å². The summed E-state index contributed by atoms with van der Waals surface area (Å²) in [6, 6.07) is 4.32. The SMILES string of the molecule is CC(O)c1cc(F)ccc1OCCC(=O)NC1CC1. The molecule has 0 aliphatic heterocycles. The first-order valence-corrected chi connectivity index (χ1v) is 6.46. The van der Waals surface area contributed by atoms with E-state index in [1.807, 2.05) is 0 Å². The molecule has 1 amide bonds. The first kappa shape index (κ1) is 13.8. The Labute approximate surface area is 111 Å². The number of halogens is 1. The molecule has 5 heteroatoms. The maximum Gasteiger partial charge on any atom is 0.223 e. The smallest absolute Gasteiger partial charge is 0.223 e. The summed E-state index contributed by atoms with van der Waals surface area (Å²) in [5, 5.41) is 12.4. The molecule has 2 rings (SSSR count). The molecule has 1 aliphatic carbocycles. The van der Waals surface area contributed by atoms with E-state index in [-0.39, 0.29) is 18.9 Å². The maximum atomic E-state index is 13.1. The number of aliphatic hydroxyl groups excluding tert-OH is 1. The largest absolute Gasteiger partial charge is 0.493 e. The third kappa shape index (κ3) is 4.21. The first-order chi connectivity index (χ1) is 9.06. The Morgan fingerprint density at radius 3 is 2.95 bits per heavy atom. The molecule has 0 heterocycles. The van der Waals surface area contributed by atoms with Gasteiger partial charge in [-0.2, -0.15) is 0 Å². The summed E-state index contributed by atoms with van der Waals surface area (Å²) in [7, 11) is 0. The summed E-state index contributed by atoms with van der Waals surface area (Å²) in [6.07, 6.45) is 1.55. The Kier molecular flexibility index (Phi) is 4.37. The quantitative estimate of drug-likeness (QED) is 0.828. The fraction of sp³-hybridized carbons (Fsp3) is 0.500. The van der Waals surface area contributed by atoms with Gasteiger partial charge in [0.2, 0.25) is 5.91 Å². The number of nitrogens with one attached hydrogen (secondary N) is 1. The van der Waals surface area contributed by atoms with Gasteiger partial charge in [0.1, 0.15) is 11.6 Å². The van der Waals surface area contributed by atoms with Crippen molar-refractivity contribution in [1.29, 1.82) is 0 Å². The number of amides is 1. The Morgan fingerprint density at radius 1 is 1.58 bits per heavy atom. The molecule has 4 nitrogen and oxygen atoms in total. The zero-order chi connectivity index (χ0) is 13.8. The predicted octanol–water partition coefficient (Wildman–Crippen LogP) is 1.93. The van der Waals surface area contributed by atoms with Crippen LogP contribution in [0.5, 0.6) is 5.75 Å². The second-order valence-corrected chi connectivity index (χ2v) is 4.80. The molecule has 0 spiro atoms. The molecule has 104 valence electrons. The van der Waals surface area contributed by atoms with E-state index in [0.29, 0.717) is 17.4 Å². The number of aliphatic hydroxyl groups is 1. The van der Waals surface area contributed by atoms with Crippen molar-refractivity contribution in [3.8, 4) is 5.75 Å². The molecule has 1 aromatic rings. The van der Waals surface area contributed by atoms with E-state index in [2.05, 4.69) is 5.32 Å². The minimum absolute atomic E-state index is 0.0387. The molecule has 0 saturated heterocycles. The summed E-state index contributed by atoms with van der Waals surface area (Å²) in [5.41, 5.74) is 0.391. The first-order valence-electron chi connectivity index (χ1n) is 6.46. The molecule has 1 unspecified atom stereocenters. The van der Waals surface area contributed by atoms with Crippen molar-refractivity contribution in [2.75, 3.05) is 6.61 Å². The Morgan fingerprint density at radius 2 is 2.32 bits per heavy atom. The molecule has 2 N–H and O–H groups in total. The number of carbonyl (C=O) groups is 1. The van der Waals surface area contributed by atoms with E-state index in [1.165, 1.54) is 18.2 Å². The van der Waals surface area contributed by atoms with Crippen LogP contribution in [0.1, 0.15) is 37.9 Å². The van der Waals surface area contributed by atoms with E-state index in [0.717, 1.165) is 12.8 Å². The fourth-order valence-corrected chi connectivity index (χ4v) is 1.76. The van der Waals surface area contributed by atoms with Crippen molar-refractivity contribution in [3.05, 3.63) is 29.6 Å². The van der Waals surface area contributed by atoms with Gasteiger partial charge in [-0.1, -0.05) is 0 Å². The van der Waals surface area contributed by atoms with Crippen LogP contribution in [0.3, 0.4) is 0 Å². The van der Waals surface area contributed by atoms with E-state index >= 15 is 0 Å². The lowest BCUT2D eigenvalue weighted by atomic mass is 10.1. The Hall–Kier alpha value is -1.62. The zero-order valence-corrected chi connectivity index (χ0v) is 10.9. The Balaban J connectivity index is 1.86. The van der Waals surface area contributed by atoms with E-state index < -0.39 is 11.9 Å². The number of ether oxygens (including phenoxy) is 1. The summed E-state index contributed by atoms with van der Waals surface area (Å²) in [4.78, 5) is 11.5. The normalized spacial score (nSPS) is 15.9. The van der Waals surface area contributed by atoms with Gasteiger partial charge >= 0.3 is 0 Å². The van der Waals surface area contributed by atoms with Crippen LogP contribution in [0.2, 0.25) is 0 Å². The van der Waals surface area contributed by atoms with Gasteiger partial charge in [0.05, 0.1) is 19.1 Å². The number of rotatable bonds is 6. The molecule has 19 heavy (non-hydrogen) atoms. The van der Waals surface area contributed by atoms with Crippen molar-refractivity contribution in [1.82, 2.24) is 5.32 Å². The van der Waals surface area contributed by atoms with Crippen molar-refractivity contribution in [3.63, 3.8) is 0 Å². The van der Waals surface area contributed by atoms with E-state index in [9.17, 15) is 14.3 Å². The van der Waals surface area contributed by atoms with Crippen molar-refractivity contribution < 1.29 is 19.0 Å². The van der Waals surface area contributed by atoms with Gasteiger partial charge in [-0.3, -0.25) is 4.79 Å². The van der Waals surface area contributed by atoms with Gasteiger partial charge in [0.15, 0.2) is 0 Å². The molecule has 1 fully saturated rings. The summed E-state index contributed by atoms with van der Waals surface area (Å²) >= 11 is 0. The highest BCUT2D eigenvalue weighted by Gasteiger charge is 2.23. The lowest BCUT2D eigenvalue weighted by molar-refractivity contribution is -0.121. The lowest BCUT2D eigenvalue weighted by Gasteiger charge is -2.13. The average Bonchev–Trinajstić information content (AvgIpc) is 3.14. The van der Waals surface area contributed by atoms with Crippen LogP contribution in [-0.2, 0) is 4.79 Å². The standard InChI is InChI=1S/C14H18FNO3/c1-9(17)12-8-10(15)2-5-13(12)19-7-6-14(18)16-11-3-4-11/h2,5,8-9,11,17H,3-4,6-7H2,1H3,(H,16,18). The lowest BCUT2D eigenvalue weighted by Crippen LogP contribution is -2.26. The third-order valence-electron chi connectivity index (χ3n) is 2.95. The van der Waals surface area contributed by atoms with Crippen LogP contribution in [0, 0.1) is 5.82 Å². The van der Waals surface area contributed by atoms with Crippen LogP contribution >= 0.6 is 0 Å². The topological polar surface area (TPSA) is 58.6 Å². The second kappa shape index (κ2) is 6.02. The van der Waals surface area contributed by atoms with E-state index in [4.69, 9.17) is 4.74 Å². The molecule has 1 aromatic carbocycles. The highest BCUT2D eigenvalue weighted by atomic mass is 19.1. The monoisotopic (exact) mass is 267 g/mol. The zero-order valence-electron chi connectivity index (χ0n) is 10.9. The summed E-state index contributed by atoms with van der Waals surface area (Å²) < 4.78 is 18.5. The van der Waals surface area contributed by atoms with Crippen LogP contribution in [-0.4, -0.2) is 23.7 Å². The van der Waals surface area contributed by atoms with Gasteiger partial charge in [-0.05, 0) is 38.0 Å². The highest BCUT2D eigenvalue weighted by molar-refractivity contribution is 5.76. The van der Waals surface area contributed by atoms with Crippen LogP contribution in [0.15, 0.2) is 18.2 Å². The molecule has 0 aromatic heterocycles. The van der Waals surface area contributed by atoms with Crippen LogP contribution < -0.4 is 10.1 Å². The fourth-order valence-electron chi connectivity index (χ4n) is 1.76. The molecule has 0 radical (unpaired) electrons. The number of hydrogen-bond donors (Lipinski definition) is 2. The van der Waals surface area contributed by atoms with Gasteiger partial charge in [-0.15, -0.1) is 0 Å². The van der Waals surface area contributed by atoms with E-state index in [1.54, 1.807) is 6.92 Å². The van der Waals surface area contributed by atoms with Crippen LogP contribution in [0.4, 0.5) is 4.39 Å². The van der Waals surface area contributed by atoms with Crippen molar-refractivity contribution in [2.45, 2.75) is 38.3 Å². The second-order valence-electron chi connectivity index (χ2n) is 4.80. The van der Waals surface area contributed by atoms with Gasteiger partial charge in [0.25, 0.3) is 0 Å². The highest BCUT2D eigenvalue weighted by Crippen LogP contribution is 2.26. The number of carbonyl (C=O) groups excluding carboxylic acids is 1. The van der Waals surface area contributed by atoms with Crippen molar-refractivity contribution >= 4 is 5.91 Å². The minimum Gasteiger partial charge on any atom is -0.493 e. The van der Waals surface area contributed by atoms with Gasteiger partial charge in [0, 0.05) is 11.6 Å². The summed E-state index contributed by atoms with van der Waals surface area (Å²) in [5.74, 6) is -0.0476. The summed E-state index contributed by atoms with van der Waals surface area (Å²) in [6.45, 7) is 1.76. The molecular weight excluding hydrogens is 249 g/mol. The molecule has 1 aliphatic rings. The van der Waals surface area contributed by atoms with Gasteiger partial charge in [-0.25, -0.2) is 4.39 Å². The minimum atomic E-state index is -0.814. The molecule has 0 bridgehead atoms. The third-order valence-corrected chi connectivity index (χ3v) is 2.95. The van der Waals surface area contributed by atoms with Crippen LogP contribution in [0.25, 0.3) is 0 Å². The Bertz CT molecular complexity index is 458. The maximum absolute atomic E-state index is 13.1.